The normalized spacial score (nSPS) is 12.0. The molecule has 4 nitrogen and oxygen atoms in total. The maximum absolute atomic E-state index is 11.5. The number of carbonyl (C=O) groups excluding carboxylic acids is 2. The first kappa shape index (κ1) is 25.9. The Morgan fingerprint density at radius 2 is 1.04 bits per heavy atom. The van der Waals surface area contributed by atoms with Crippen molar-refractivity contribution in [3.05, 3.63) is 0 Å². The third-order valence-electron chi connectivity index (χ3n) is 5.09. The molecule has 160 valence electrons. The molecular formula is C23H44O4. The van der Waals surface area contributed by atoms with Gasteiger partial charge in [-0.15, -0.1) is 0 Å². The van der Waals surface area contributed by atoms with Crippen molar-refractivity contribution in [1.29, 1.82) is 0 Å². The molecule has 27 heavy (non-hydrogen) atoms. The lowest BCUT2D eigenvalue weighted by atomic mass is 10.0. The van der Waals surface area contributed by atoms with Gasteiger partial charge in [-0.2, -0.15) is 0 Å². The second-order valence-electron chi connectivity index (χ2n) is 7.71. The van der Waals surface area contributed by atoms with Crippen LogP contribution in [0.5, 0.6) is 0 Å². The first-order valence-electron chi connectivity index (χ1n) is 11.4. The molecule has 0 bridgehead atoms. The summed E-state index contributed by atoms with van der Waals surface area (Å²) in [5, 5.41) is 0. The number of hydrogen-bond acceptors (Lipinski definition) is 4. The lowest BCUT2D eigenvalue weighted by Gasteiger charge is -2.14. The van der Waals surface area contributed by atoms with Crippen LogP contribution in [0.2, 0.25) is 0 Å². The molecule has 1 unspecified atom stereocenters. The van der Waals surface area contributed by atoms with E-state index in [1.54, 1.807) is 0 Å². The van der Waals surface area contributed by atoms with Gasteiger partial charge in [0.25, 0.3) is 0 Å². The Morgan fingerprint density at radius 3 is 1.37 bits per heavy atom. The van der Waals surface area contributed by atoms with Crippen molar-refractivity contribution in [3.63, 3.8) is 0 Å². The van der Waals surface area contributed by atoms with Crippen molar-refractivity contribution in [2.45, 2.75) is 129 Å². The van der Waals surface area contributed by atoms with Gasteiger partial charge in [0.2, 0.25) is 0 Å². The van der Waals surface area contributed by atoms with Gasteiger partial charge in [-0.3, -0.25) is 4.79 Å². The number of rotatable bonds is 19. The zero-order valence-electron chi connectivity index (χ0n) is 18.2. The van der Waals surface area contributed by atoms with Gasteiger partial charge >= 0.3 is 11.9 Å². The first-order chi connectivity index (χ1) is 13.1. The molecule has 0 aliphatic rings. The molecule has 0 aromatic carbocycles. The van der Waals surface area contributed by atoms with E-state index in [2.05, 4.69) is 11.7 Å². The lowest BCUT2D eigenvalue weighted by molar-refractivity contribution is -0.165. The summed E-state index contributed by atoms with van der Waals surface area (Å²) in [6, 6.07) is 0. The van der Waals surface area contributed by atoms with Crippen LogP contribution in [0.1, 0.15) is 123 Å². The first-order valence-corrected chi connectivity index (χ1v) is 11.4. The molecule has 0 saturated carbocycles. The molecule has 4 heteroatoms. The summed E-state index contributed by atoms with van der Waals surface area (Å²) in [5.41, 5.74) is 0. The molecule has 0 aromatic heterocycles. The van der Waals surface area contributed by atoms with E-state index >= 15 is 0 Å². The van der Waals surface area contributed by atoms with Crippen molar-refractivity contribution >= 4 is 11.9 Å². The molecular weight excluding hydrogens is 340 g/mol. The molecule has 0 N–H and O–H groups in total. The van der Waals surface area contributed by atoms with E-state index in [4.69, 9.17) is 4.74 Å². The fourth-order valence-electron chi connectivity index (χ4n) is 3.43. The minimum Gasteiger partial charge on any atom is -0.466 e. The number of carbonyl (C=O) groups is 2. The van der Waals surface area contributed by atoms with Gasteiger partial charge in [-0.25, -0.2) is 4.79 Å². The molecule has 0 heterocycles. The average molecular weight is 385 g/mol. The van der Waals surface area contributed by atoms with Gasteiger partial charge in [0.05, 0.1) is 7.11 Å². The summed E-state index contributed by atoms with van der Waals surface area (Å²) in [5.74, 6) is -0.881. The topological polar surface area (TPSA) is 52.6 Å². The molecule has 1 atom stereocenters. The Labute approximate surface area is 167 Å². The predicted octanol–water partition coefficient (Wildman–Crippen LogP) is 6.74. The smallest absolute Gasteiger partial charge is 0.347 e. The highest BCUT2D eigenvalue weighted by atomic mass is 16.6. The Hall–Kier alpha value is -1.06. The maximum atomic E-state index is 11.5. The van der Waals surface area contributed by atoms with Crippen LogP contribution in [-0.4, -0.2) is 25.2 Å². The lowest BCUT2D eigenvalue weighted by Crippen LogP contribution is -2.27. The van der Waals surface area contributed by atoms with E-state index < -0.39 is 18.0 Å². The molecule has 0 aliphatic carbocycles. The number of esters is 2. The van der Waals surface area contributed by atoms with Gasteiger partial charge in [-0.1, -0.05) is 103 Å². The van der Waals surface area contributed by atoms with Crippen LogP contribution in [0.4, 0.5) is 0 Å². The van der Waals surface area contributed by atoms with Crippen molar-refractivity contribution in [1.82, 2.24) is 0 Å². The second-order valence-corrected chi connectivity index (χ2v) is 7.71. The summed E-state index contributed by atoms with van der Waals surface area (Å²) < 4.78 is 9.69. The van der Waals surface area contributed by atoms with E-state index in [0.29, 0.717) is 6.42 Å². The molecule has 0 amide bonds. The zero-order chi connectivity index (χ0) is 20.2. The standard InChI is InChI=1S/C23H44O4/c1-4-5-6-7-8-9-10-11-12-13-14-15-16-17-18-19-20-22(23(25)26-3)27-21(2)24/h22H,4-20H2,1-3H3. The molecule has 0 fully saturated rings. The minimum atomic E-state index is -0.737. The molecule has 0 aromatic rings. The highest BCUT2D eigenvalue weighted by Gasteiger charge is 2.21. The SMILES string of the molecule is CCCCCCCCCCCCCCCCCCC(OC(C)=O)C(=O)OC. The van der Waals surface area contributed by atoms with Gasteiger partial charge in [0.1, 0.15) is 0 Å². The maximum Gasteiger partial charge on any atom is 0.347 e. The Kier molecular flexibility index (Phi) is 18.9. The van der Waals surface area contributed by atoms with Crippen LogP contribution < -0.4 is 0 Å². The van der Waals surface area contributed by atoms with Gasteiger partial charge in [-0.05, 0) is 12.8 Å². The van der Waals surface area contributed by atoms with Crippen molar-refractivity contribution in [2.24, 2.45) is 0 Å². The van der Waals surface area contributed by atoms with E-state index in [1.165, 1.54) is 104 Å². The minimum absolute atomic E-state index is 0.429. The number of methoxy groups -OCH3 is 1. The monoisotopic (exact) mass is 384 g/mol. The van der Waals surface area contributed by atoms with Gasteiger partial charge in [0, 0.05) is 6.92 Å². The summed E-state index contributed by atoms with van der Waals surface area (Å²) in [6.45, 7) is 3.59. The molecule has 0 radical (unpaired) electrons. The Morgan fingerprint density at radius 1 is 0.667 bits per heavy atom. The van der Waals surface area contributed by atoms with Crippen molar-refractivity contribution in [2.75, 3.05) is 7.11 Å². The van der Waals surface area contributed by atoms with Gasteiger partial charge in [0.15, 0.2) is 6.10 Å². The van der Waals surface area contributed by atoms with Crippen LogP contribution >= 0.6 is 0 Å². The molecule has 0 spiro atoms. The quantitative estimate of drug-likeness (QED) is 0.183. The van der Waals surface area contributed by atoms with E-state index in [1.807, 2.05) is 0 Å². The van der Waals surface area contributed by atoms with Crippen LogP contribution in [0.15, 0.2) is 0 Å². The highest BCUT2D eigenvalue weighted by molar-refractivity contribution is 5.78. The predicted molar refractivity (Wildman–Crippen MR) is 112 cm³/mol. The Bertz CT molecular complexity index is 354. The van der Waals surface area contributed by atoms with Crippen LogP contribution in [0.3, 0.4) is 0 Å². The van der Waals surface area contributed by atoms with E-state index in [-0.39, 0.29) is 0 Å². The Balaban J connectivity index is 3.34. The molecule has 0 aliphatic heterocycles. The van der Waals surface area contributed by atoms with Crippen molar-refractivity contribution in [3.8, 4) is 0 Å². The summed E-state index contributed by atoms with van der Waals surface area (Å²) in [4.78, 5) is 22.6. The fourth-order valence-corrected chi connectivity index (χ4v) is 3.43. The van der Waals surface area contributed by atoms with Crippen LogP contribution in [-0.2, 0) is 19.1 Å². The second kappa shape index (κ2) is 19.7. The molecule has 0 rings (SSSR count). The van der Waals surface area contributed by atoms with E-state index in [0.717, 1.165) is 12.8 Å². The summed E-state index contributed by atoms with van der Waals surface area (Å²) in [7, 11) is 1.33. The number of ether oxygens (including phenoxy) is 2. The number of hydrogen-bond donors (Lipinski definition) is 0. The molecule has 0 saturated heterocycles. The zero-order valence-corrected chi connectivity index (χ0v) is 18.2. The average Bonchev–Trinajstić information content (AvgIpc) is 2.65. The van der Waals surface area contributed by atoms with Crippen LogP contribution in [0, 0.1) is 0 Å². The fraction of sp³-hybridized carbons (Fsp3) is 0.913. The summed E-state index contributed by atoms with van der Waals surface area (Å²) >= 11 is 0. The van der Waals surface area contributed by atoms with Gasteiger partial charge < -0.3 is 9.47 Å². The summed E-state index contributed by atoms with van der Waals surface area (Å²) in [6.07, 6.45) is 20.9. The third-order valence-corrected chi connectivity index (χ3v) is 5.09. The highest BCUT2D eigenvalue weighted by Crippen LogP contribution is 2.15. The van der Waals surface area contributed by atoms with Crippen LogP contribution in [0.25, 0.3) is 0 Å². The number of unbranched alkanes of at least 4 members (excludes halogenated alkanes) is 15. The largest absolute Gasteiger partial charge is 0.466 e. The third kappa shape index (κ3) is 18.1. The van der Waals surface area contributed by atoms with E-state index in [9.17, 15) is 9.59 Å². The van der Waals surface area contributed by atoms with Crippen molar-refractivity contribution < 1.29 is 19.1 Å².